The molecule has 0 radical (unpaired) electrons. The zero-order valence-electron chi connectivity index (χ0n) is 11.7. The number of hydrogen-bond acceptors (Lipinski definition) is 5. The summed E-state index contributed by atoms with van der Waals surface area (Å²) < 4.78 is 10.6. The lowest BCUT2D eigenvalue weighted by Crippen LogP contribution is -2.07. The molecule has 0 atom stereocenters. The molecule has 2 rings (SSSR count). The first-order valence-electron chi connectivity index (χ1n) is 6.55. The Morgan fingerprint density at radius 2 is 2.05 bits per heavy atom. The number of ether oxygens (including phenoxy) is 1. The highest BCUT2D eigenvalue weighted by molar-refractivity contribution is 5.72. The van der Waals surface area contributed by atoms with E-state index < -0.39 is 0 Å². The van der Waals surface area contributed by atoms with Crippen LogP contribution in [0.1, 0.15) is 23.9 Å². The Kier molecular flexibility index (Phi) is 4.53. The van der Waals surface area contributed by atoms with E-state index in [1.807, 2.05) is 31.2 Å². The largest absolute Gasteiger partial charge is 0.466 e. The van der Waals surface area contributed by atoms with Crippen LogP contribution in [-0.4, -0.2) is 17.6 Å². The summed E-state index contributed by atoms with van der Waals surface area (Å²) in [5.41, 5.74) is 8.17. The predicted octanol–water partition coefficient (Wildman–Crippen LogP) is 2.21. The number of esters is 1. The third-order valence-electron chi connectivity index (χ3n) is 2.94. The van der Waals surface area contributed by atoms with Crippen molar-refractivity contribution in [3.8, 4) is 11.5 Å². The van der Waals surface area contributed by atoms with Crippen molar-refractivity contribution < 1.29 is 13.9 Å². The van der Waals surface area contributed by atoms with E-state index in [4.69, 9.17) is 14.9 Å². The number of aromatic nitrogens is 1. The standard InChI is InChI=1S/C15H18N2O3/c1-3-19-14(18)8-13-10(2)17-15(20-13)12-6-4-11(9-16)5-7-12/h4-7H,3,8-9,16H2,1-2H3. The van der Waals surface area contributed by atoms with Crippen molar-refractivity contribution >= 4 is 5.97 Å². The quantitative estimate of drug-likeness (QED) is 0.846. The van der Waals surface area contributed by atoms with Crippen molar-refractivity contribution in [1.29, 1.82) is 0 Å². The molecule has 1 heterocycles. The highest BCUT2D eigenvalue weighted by Gasteiger charge is 2.15. The molecule has 2 aromatic rings. The van der Waals surface area contributed by atoms with E-state index in [2.05, 4.69) is 4.98 Å². The Morgan fingerprint density at radius 1 is 1.35 bits per heavy atom. The SMILES string of the molecule is CCOC(=O)Cc1oc(-c2ccc(CN)cc2)nc1C. The van der Waals surface area contributed by atoms with Gasteiger partial charge in [-0.2, -0.15) is 0 Å². The molecule has 0 bridgehead atoms. The first-order valence-corrected chi connectivity index (χ1v) is 6.55. The normalized spacial score (nSPS) is 10.6. The molecule has 0 saturated carbocycles. The molecular weight excluding hydrogens is 256 g/mol. The molecule has 0 fully saturated rings. The van der Waals surface area contributed by atoms with Gasteiger partial charge in [0.1, 0.15) is 12.2 Å². The number of oxazole rings is 1. The average Bonchev–Trinajstić information content (AvgIpc) is 2.80. The number of rotatable bonds is 5. The van der Waals surface area contributed by atoms with E-state index in [0.717, 1.165) is 11.1 Å². The van der Waals surface area contributed by atoms with Crippen LogP contribution in [0.2, 0.25) is 0 Å². The van der Waals surface area contributed by atoms with Crippen LogP contribution in [0.15, 0.2) is 28.7 Å². The molecule has 0 saturated heterocycles. The van der Waals surface area contributed by atoms with Crippen molar-refractivity contribution in [2.45, 2.75) is 26.8 Å². The Labute approximate surface area is 117 Å². The van der Waals surface area contributed by atoms with Crippen molar-refractivity contribution in [3.05, 3.63) is 41.3 Å². The van der Waals surface area contributed by atoms with Gasteiger partial charge in [0, 0.05) is 12.1 Å². The van der Waals surface area contributed by atoms with E-state index >= 15 is 0 Å². The van der Waals surface area contributed by atoms with Crippen LogP contribution in [0, 0.1) is 6.92 Å². The van der Waals surface area contributed by atoms with Gasteiger partial charge in [0.2, 0.25) is 5.89 Å². The summed E-state index contributed by atoms with van der Waals surface area (Å²) in [4.78, 5) is 15.8. The average molecular weight is 274 g/mol. The van der Waals surface area contributed by atoms with Crippen LogP contribution >= 0.6 is 0 Å². The summed E-state index contributed by atoms with van der Waals surface area (Å²) in [6.45, 7) is 4.45. The topological polar surface area (TPSA) is 78.3 Å². The molecule has 106 valence electrons. The van der Waals surface area contributed by atoms with Crippen molar-refractivity contribution in [2.24, 2.45) is 5.73 Å². The molecule has 1 aromatic heterocycles. The minimum atomic E-state index is -0.309. The van der Waals surface area contributed by atoms with Gasteiger partial charge in [0.05, 0.1) is 12.3 Å². The maximum Gasteiger partial charge on any atom is 0.313 e. The summed E-state index contributed by atoms with van der Waals surface area (Å²) in [5.74, 6) is 0.739. The van der Waals surface area contributed by atoms with Gasteiger partial charge in [-0.1, -0.05) is 12.1 Å². The number of nitrogens with zero attached hydrogens (tertiary/aromatic N) is 1. The zero-order valence-corrected chi connectivity index (χ0v) is 11.7. The first kappa shape index (κ1) is 14.3. The number of hydrogen-bond donors (Lipinski definition) is 1. The molecule has 0 unspecified atom stereocenters. The van der Waals surface area contributed by atoms with Crippen LogP contribution < -0.4 is 5.73 Å². The van der Waals surface area contributed by atoms with E-state index in [0.29, 0.717) is 30.5 Å². The maximum atomic E-state index is 11.5. The number of carbonyl (C=O) groups excluding carboxylic acids is 1. The van der Waals surface area contributed by atoms with Crippen molar-refractivity contribution in [1.82, 2.24) is 4.98 Å². The summed E-state index contributed by atoms with van der Waals surface area (Å²) in [6.07, 6.45) is 0.105. The van der Waals surface area contributed by atoms with Crippen LogP contribution in [-0.2, 0) is 22.5 Å². The molecule has 0 aliphatic carbocycles. The van der Waals surface area contributed by atoms with Crippen LogP contribution in [0.25, 0.3) is 11.5 Å². The number of aryl methyl sites for hydroxylation is 1. The lowest BCUT2D eigenvalue weighted by molar-refractivity contribution is -0.142. The zero-order chi connectivity index (χ0) is 14.5. The minimum absolute atomic E-state index is 0.105. The molecule has 0 spiro atoms. The third kappa shape index (κ3) is 3.24. The Bertz CT molecular complexity index is 588. The van der Waals surface area contributed by atoms with E-state index in [-0.39, 0.29) is 12.4 Å². The Morgan fingerprint density at radius 3 is 2.65 bits per heavy atom. The van der Waals surface area contributed by atoms with Gasteiger partial charge in [-0.25, -0.2) is 4.98 Å². The van der Waals surface area contributed by atoms with Crippen LogP contribution in [0.3, 0.4) is 0 Å². The molecule has 0 aliphatic rings. The molecule has 5 nitrogen and oxygen atoms in total. The van der Waals surface area contributed by atoms with Gasteiger partial charge in [-0.05, 0) is 31.5 Å². The second-order valence-electron chi connectivity index (χ2n) is 4.41. The summed E-state index contributed by atoms with van der Waals surface area (Å²) in [7, 11) is 0. The Balaban J connectivity index is 2.19. The fourth-order valence-electron chi connectivity index (χ4n) is 1.84. The molecule has 1 aromatic carbocycles. The summed E-state index contributed by atoms with van der Waals surface area (Å²) >= 11 is 0. The predicted molar refractivity (Wildman–Crippen MR) is 74.9 cm³/mol. The second-order valence-corrected chi connectivity index (χ2v) is 4.41. The fourth-order valence-corrected chi connectivity index (χ4v) is 1.84. The lowest BCUT2D eigenvalue weighted by atomic mass is 10.1. The van der Waals surface area contributed by atoms with Crippen LogP contribution in [0.5, 0.6) is 0 Å². The van der Waals surface area contributed by atoms with Gasteiger partial charge in [0.25, 0.3) is 0 Å². The van der Waals surface area contributed by atoms with Crippen LogP contribution in [0.4, 0.5) is 0 Å². The van der Waals surface area contributed by atoms with Gasteiger partial charge >= 0.3 is 5.97 Å². The van der Waals surface area contributed by atoms with Gasteiger partial charge in [-0.3, -0.25) is 4.79 Å². The highest BCUT2D eigenvalue weighted by atomic mass is 16.5. The maximum absolute atomic E-state index is 11.5. The first-order chi connectivity index (χ1) is 9.63. The molecule has 2 N–H and O–H groups in total. The van der Waals surface area contributed by atoms with Gasteiger partial charge in [-0.15, -0.1) is 0 Å². The molecular formula is C15H18N2O3. The lowest BCUT2D eigenvalue weighted by Gasteiger charge is -1.99. The molecule has 0 amide bonds. The molecule has 20 heavy (non-hydrogen) atoms. The molecule has 0 aliphatic heterocycles. The second kappa shape index (κ2) is 6.34. The number of nitrogens with two attached hydrogens (primary N) is 1. The summed E-state index contributed by atoms with van der Waals surface area (Å²) in [6, 6.07) is 7.67. The van der Waals surface area contributed by atoms with Gasteiger partial charge < -0.3 is 14.9 Å². The monoisotopic (exact) mass is 274 g/mol. The number of benzene rings is 1. The van der Waals surface area contributed by atoms with Gasteiger partial charge in [0.15, 0.2) is 0 Å². The van der Waals surface area contributed by atoms with E-state index in [1.165, 1.54) is 0 Å². The Hall–Kier alpha value is -2.14. The third-order valence-corrected chi connectivity index (χ3v) is 2.94. The van der Waals surface area contributed by atoms with E-state index in [9.17, 15) is 4.79 Å². The van der Waals surface area contributed by atoms with Crippen molar-refractivity contribution in [3.63, 3.8) is 0 Å². The summed E-state index contributed by atoms with van der Waals surface area (Å²) in [5, 5.41) is 0. The number of carbonyl (C=O) groups is 1. The van der Waals surface area contributed by atoms with E-state index in [1.54, 1.807) is 6.92 Å². The molecule has 5 heteroatoms. The fraction of sp³-hybridized carbons (Fsp3) is 0.333. The minimum Gasteiger partial charge on any atom is -0.466 e. The highest BCUT2D eigenvalue weighted by Crippen LogP contribution is 2.22. The smallest absolute Gasteiger partial charge is 0.313 e. The van der Waals surface area contributed by atoms with Crippen molar-refractivity contribution in [2.75, 3.05) is 6.61 Å².